The monoisotopic (exact) mass is 394 g/mol. The van der Waals surface area contributed by atoms with Crippen molar-refractivity contribution in [3.8, 4) is 0 Å². The minimum Gasteiger partial charge on any atom is -0.368 e. The van der Waals surface area contributed by atoms with Gasteiger partial charge in [0.1, 0.15) is 11.5 Å². The zero-order chi connectivity index (χ0) is 20.1. The summed E-state index contributed by atoms with van der Waals surface area (Å²) in [5, 5.41) is 7.32. The van der Waals surface area contributed by atoms with E-state index in [2.05, 4.69) is 20.4 Å². The number of likely N-dealkylation sites (tertiary alicyclic amines) is 1. The van der Waals surface area contributed by atoms with Crippen molar-refractivity contribution < 1.29 is 18.0 Å². The largest absolute Gasteiger partial charge is 0.410 e. The highest BCUT2D eigenvalue weighted by Crippen LogP contribution is 2.41. The molecule has 0 bridgehead atoms. The molecule has 1 fully saturated rings. The zero-order valence-electron chi connectivity index (χ0n) is 15.6. The molecule has 0 aromatic carbocycles. The topological polar surface area (TPSA) is 75.9 Å². The molecule has 0 radical (unpaired) electrons. The SMILES string of the molecule is Cc1cnc(C(=O)N2CCC[C@@H]2c2cc3n(n2)[C@@H](C(F)(F)F)C[C@@H](C)N3)cn1. The molecule has 4 rings (SSSR count). The van der Waals surface area contributed by atoms with Gasteiger partial charge in [-0.3, -0.25) is 9.78 Å². The van der Waals surface area contributed by atoms with E-state index in [-0.39, 0.29) is 30.1 Å². The average molecular weight is 394 g/mol. The number of hydrogen-bond donors (Lipinski definition) is 1. The third-order valence-corrected chi connectivity index (χ3v) is 5.25. The number of rotatable bonds is 2. The highest BCUT2D eigenvalue weighted by molar-refractivity contribution is 5.92. The third-order valence-electron chi connectivity index (χ3n) is 5.25. The second-order valence-corrected chi connectivity index (χ2v) is 7.44. The lowest BCUT2D eigenvalue weighted by atomic mass is 10.1. The van der Waals surface area contributed by atoms with Gasteiger partial charge in [-0.05, 0) is 33.1 Å². The lowest BCUT2D eigenvalue weighted by Crippen LogP contribution is -2.38. The first-order valence-corrected chi connectivity index (χ1v) is 9.26. The van der Waals surface area contributed by atoms with Crippen LogP contribution in [-0.2, 0) is 0 Å². The highest BCUT2D eigenvalue weighted by Gasteiger charge is 2.46. The maximum atomic E-state index is 13.5. The van der Waals surface area contributed by atoms with Crippen molar-refractivity contribution in [3.05, 3.63) is 35.5 Å². The van der Waals surface area contributed by atoms with Gasteiger partial charge in [0.15, 0.2) is 6.04 Å². The van der Waals surface area contributed by atoms with Crippen LogP contribution in [0.4, 0.5) is 19.0 Å². The third kappa shape index (κ3) is 3.31. The minimum atomic E-state index is -4.38. The van der Waals surface area contributed by atoms with Gasteiger partial charge >= 0.3 is 6.18 Å². The van der Waals surface area contributed by atoms with Gasteiger partial charge in [-0.25, -0.2) is 9.67 Å². The van der Waals surface area contributed by atoms with Crippen LogP contribution in [0, 0.1) is 6.92 Å². The minimum absolute atomic E-state index is 0.0795. The summed E-state index contributed by atoms with van der Waals surface area (Å²) in [5.41, 5.74) is 1.40. The fourth-order valence-corrected chi connectivity index (χ4v) is 3.91. The predicted octanol–water partition coefficient (Wildman–Crippen LogP) is 3.27. The first kappa shape index (κ1) is 18.7. The smallest absolute Gasteiger partial charge is 0.368 e. The molecule has 0 spiro atoms. The van der Waals surface area contributed by atoms with Crippen LogP contribution in [0.3, 0.4) is 0 Å². The number of fused-ring (bicyclic) bond motifs is 1. The van der Waals surface area contributed by atoms with Gasteiger partial charge in [0.05, 0.1) is 23.6 Å². The molecule has 2 aromatic rings. The molecule has 28 heavy (non-hydrogen) atoms. The van der Waals surface area contributed by atoms with Crippen molar-refractivity contribution in [3.63, 3.8) is 0 Å². The van der Waals surface area contributed by atoms with Gasteiger partial charge in [0.2, 0.25) is 0 Å². The molecule has 4 heterocycles. The molecule has 3 atom stereocenters. The first-order valence-electron chi connectivity index (χ1n) is 9.26. The molecule has 1 saturated heterocycles. The number of nitrogens with one attached hydrogen (secondary N) is 1. The van der Waals surface area contributed by atoms with Crippen LogP contribution < -0.4 is 5.32 Å². The number of alkyl halides is 3. The van der Waals surface area contributed by atoms with Crippen LogP contribution in [-0.4, -0.2) is 49.3 Å². The first-order chi connectivity index (χ1) is 13.2. The van der Waals surface area contributed by atoms with Crippen LogP contribution >= 0.6 is 0 Å². The molecule has 0 unspecified atom stereocenters. The lowest BCUT2D eigenvalue weighted by Gasteiger charge is -2.31. The number of carbonyl (C=O) groups is 1. The maximum Gasteiger partial charge on any atom is 0.410 e. The molecular weight excluding hydrogens is 373 g/mol. The summed E-state index contributed by atoms with van der Waals surface area (Å²) in [4.78, 5) is 22.7. The molecule has 10 heteroatoms. The molecule has 0 saturated carbocycles. The number of carbonyl (C=O) groups excluding carboxylic acids is 1. The van der Waals surface area contributed by atoms with E-state index in [1.165, 1.54) is 12.4 Å². The highest BCUT2D eigenvalue weighted by atomic mass is 19.4. The fourth-order valence-electron chi connectivity index (χ4n) is 3.91. The second-order valence-electron chi connectivity index (χ2n) is 7.44. The summed E-state index contributed by atoms with van der Waals surface area (Å²) in [7, 11) is 0. The number of nitrogens with zero attached hydrogens (tertiary/aromatic N) is 5. The summed E-state index contributed by atoms with van der Waals surface area (Å²) >= 11 is 0. The van der Waals surface area contributed by atoms with Crippen molar-refractivity contribution in [2.45, 2.75) is 57.4 Å². The van der Waals surface area contributed by atoms with Gasteiger partial charge < -0.3 is 10.2 Å². The number of amides is 1. The van der Waals surface area contributed by atoms with Crippen molar-refractivity contribution in [1.29, 1.82) is 0 Å². The number of aryl methyl sites for hydroxylation is 1. The van der Waals surface area contributed by atoms with E-state index in [1.807, 2.05) is 0 Å². The Morgan fingerprint density at radius 3 is 2.75 bits per heavy atom. The van der Waals surface area contributed by atoms with Gasteiger partial charge in [-0.2, -0.15) is 18.3 Å². The normalized spacial score (nSPS) is 24.8. The quantitative estimate of drug-likeness (QED) is 0.846. The summed E-state index contributed by atoms with van der Waals surface area (Å²) in [6, 6.07) is -0.723. The van der Waals surface area contributed by atoms with E-state index in [4.69, 9.17) is 0 Å². The van der Waals surface area contributed by atoms with E-state index < -0.39 is 12.2 Å². The van der Waals surface area contributed by atoms with Crippen molar-refractivity contribution in [2.75, 3.05) is 11.9 Å². The van der Waals surface area contributed by atoms with Gasteiger partial charge in [0, 0.05) is 24.8 Å². The average Bonchev–Trinajstić information content (AvgIpc) is 3.26. The molecule has 2 aromatic heterocycles. The van der Waals surface area contributed by atoms with Crippen molar-refractivity contribution in [1.82, 2.24) is 24.6 Å². The molecule has 0 aliphatic carbocycles. The van der Waals surface area contributed by atoms with Crippen LogP contribution in [0.2, 0.25) is 0 Å². The maximum absolute atomic E-state index is 13.5. The number of hydrogen-bond acceptors (Lipinski definition) is 5. The van der Waals surface area contributed by atoms with Crippen LogP contribution in [0.25, 0.3) is 0 Å². The second kappa shape index (κ2) is 6.75. The van der Waals surface area contributed by atoms with E-state index in [1.54, 1.807) is 24.8 Å². The van der Waals surface area contributed by atoms with Gasteiger partial charge in [-0.15, -0.1) is 0 Å². The Morgan fingerprint density at radius 1 is 1.29 bits per heavy atom. The summed E-state index contributed by atoms with van der Waals surface area (Å²) in [5.74, 6) is 0.0557. The van der Waals surface area contributed by atoms with Gasteiger partial charge in [-0.1, -0.05) is 0 Å². The molecular formula is C18H21F3N6O. The Labute approximate surface area is 160 Å². The Bertz CT molecular complexity index is 878. The molecule has 7 nitrogen and oxygen atoms in total. The molecule has 2 aliphatic heterocycles. The Balaban J connectivity index is 1.64. The van der Waals surface area contributed by atoms with Crippen LogP contribution in [0.5, 0.6) is 0 Å². The standard InChI is InChI=1S/C18H21F3N6O/c1-10-6-15(18(19,20)21)27-16(24-10)7-12(25-27)14-4-3-5-26(14)17(28)13-9-22-11(2)8-23-13/h7-10,14-15,24H,3-6H2,1-2H3/t10-,14-,15-/m1/s1. The summed E-state index contributed by atoms with van der Waals surface area (Å²) in [6.45, 7) is 4.00. The predicted molar refractivity (Wildman–Crippen MR) is 94.8 cm³/mol. The zero-order valence-corrected chi connectivity index (χ0v) is 15.6. The Hall–Kier alpha value is -2.65. The molecule has 1 N–H and O–H groups in total. The van der Waals surface area contributed by atoms with E-state index in [0.29, 0.717) is 30.2 Å². The fraction of sp³-hybridized carbons (Fsp3) is 0.556. The van der Waals surface area contributed by atoms with E-state index in [9.17, 15) is 18.0 Å². The number of halogens is 3. The van der Waals surface area contributed by atoms with E-state index >= 15 is 0 Å². The summed E-state index contributed by atoms with van der Waals surface area (Å²) in [6.07, 6.45) is -0.111. The number of aromatic nitrogens is 4. The molecule has 1 amide bonds. The Kier molecular flexibility index (Phi) is 4.51. The van der Waals surface area contributed by atoms with Gasteiger partial charge in [0.25, 0.3) is 5.91 Å². The molecule has 2 aliphatic rings. The van der Waals surface area contributed by atoms with E-state index in [0.717, 1.165) is 11.1 Å². The van der Waals surface area contributed by atoms with Crippen LogP contribution in [0.1, 0.15) is 60.1 Å². The van der Waals surface area contributed by atoms with Crippen LogP contribution in [0.15, 0.2) is 18.5 Å². The van der Waals surface area contributed by atoms with Crippen molar-refractivity contribution in [2.24, 2.45) is 0 Å². The van der Waals surface area contributed by atoms with Crippen molar-refractivity contribution >= 4 is 11.7 Å². The Morgan fingerprint density at radius 2 is 2.07 bits per heavy atom. The lowest BCUT2D eigenvalue weighted by molar-refractivity contribution is -0.173. The molecule has 150 valence electrons. The number of anilines is 1. The summed E-state index contributed by atoms with van der Waals surface area (Å²) < 4.78 is 41.4.